The zero-order valence-electron chi connectivity index (χ0n) is 35.4. The average Bonchev–Trinajstić information content (AvgIpc) is 3.58. The van der Waals surface area contributed by atoms with Gasteiger partial charge in [-0.25, -0.2) is 4.98 Å². The molecule has 4 aliphatic heterocycles. The maximum atomic E-state index is 13.2. The summed E-state index contributed by atoms with van der Waals surface area (Å²) in [6, 6.07) is 12.7. The molecule has 1 unspecified atom stereocenters. The molecule has 62 heavy (non-hydrogen) atoms. The molecule has 326 valence electrons. The van der Waals surface area contributed by atoms with Gasteiger partial charge in [0.05, 0.1) is 11.7 Å². The third kappa shape index (κ3) is 8.17. The van der Waals surface area contributed by atoms with Crippen LogP contribution in [0.15, 0.2) is 53.5 Å². The average molecular weight is 865 g/mol. The second-order valence-electron chi connectivity index (χ2n) is 17.8. The maximum absolute atomic E-state index is 13.2. The van der Waals surface area contributed by atoms with E-state index in [9.17, 15) is 24.0 Å². The van der Waals surface area contributed by atoms with Gasteiger partial charge >= 0.3 is 0 Å². The molecule has 1 atom stereocenters. The number of nitrogens with one attached hydrogen (secondary N) is 3. The summed E-state index contributed by atoms with van der Waals surface area (Å²) in [5.74, 6) is 0.771. The Morgan fingerprint density at radius 3 is 2.48 bits per heavy atom. The van der Waals surface area contributed by atoms with Crippen LogP contribution in [0.5, 0.6) is 5.75 Å². The van der Waals surface area contributed by atoms with Crippen molar-refractivity contribution in [3.05, 3.63) is 75.2 Å². The lowest BCUT2D eigenvalue weighted by atomic mass is 9.57. The Morgan fingerprint density at radius 2 is 1.76 bits per heavy atom. The minimum Gasteiger partial charge on any atom is -0.478 e. The van der Waals surface area contributed by atoms with E-state index in [-0.39, 0.29) is 54.0 Å². The lowest BCUT2D eigenvalue weighted by molar-refractivity contribution is -0.137. The first-order chi connectivity index (χ1) is 29.9. The summed E-state index contributed by atoms with van der Waals surface area (Å²) in [5, 5.41) is 9.40. The number of likely N-dealkylation sites (N-methyl/N-ethyl adjacent to an activating group) is 1. The monoisotopic (exact) mass is 864 g/mol. The molecule has 6 heterocycles. The van der Waals surface area contributed by atoms with E-state index in [0.717, 1.165) is 86.5 Å². The summed E-state index contributed by atoms with van der Waals surface area (Å²) in [5.41, 5.74) is 4.31. The number of piperidine rings is 2. The van der Waals surface area contributed by atoms with E-state index in [2.05, 4.69) is 41.7 Å². The van der Waals surface area contributed by atoms with Crippen LogP contribution in [-0.2, 0) is 20.9 Å². The molecule has 5 aliphatic rings. The van der Waals surface area contributed by atoms with Gasteiger partial charge in [0.15, 0.2) is 18.2 Å². The molecule has 3 saturated heterocycles. The summed E-state index contributed by atoms with van der Waals surface area (Å²) in [6.07, 6.45) is 7.07. The fraction of sp³-hybridized carbons (Fsp3) is 0.489. The fourth-order valence-electron chi connectivity index (χ4n) is 10.2. The van der Waals surface area contributed by atoms with Crippen LogP contribution in [0.4, 0.5) is 23.1 Å². The topological polar surface area (TPSA) is 174 Å². The smallest absolute Gasteiger partial charge is 0.293 e. The highest BCUT2D eigenvalue weighted by Gasteiger charge is 2.46. The van der Waals surface area contributed by atoms with Gasteiger partial charge in [0.2, 0.25) is 17.8 Å². The largest absolute Gasteiger partial charge is 0.478 e. The van der Waals surface area contributed by atoms with Crippen molar-refractivity contribution in [2.24, 2.45) is 11.3 Å². The highest BCUT2D eigenvalue weighted by Crippen LogP contribution is 2.53. The van der Waals surface area contributed by atoms with E-state index in [0.29, 0.717) is 46.7 Å². The third-order valence-corrected chi connectivity index (χ3v) is 13.7. The summed E-state index contributed by atoms with van der Waals surface area (Å²) in [6.45, 7) is 10.6. The molecule has 2 aromatic carbocycles. The van der Waals surface area contributed by atoms with E-state index in [4.69, 9.17) is 21.3 Å². The number of hydrogen-bond donors (Lipinski definition) is 3. The van der Waals surface area contributed by atoms with Gasteiger partial charge in [-0.2, -0.15) is 4.98 Å². The summed E-state index contributed by atoms with van der Waals surface area (Å²) in [4.78, 5) is 80.7. The number of piperazine rings is 1. The van der Waals surface area contributed by atoms with Crippen LogP contribution < -0.4 is 36.0 Å². The number of halogens is 1. The van der Waals surface area contributed by atoms with Crippen molar-refractivity contribution in [3.63, 3.8) is 0 Å². The Morgan fingerprint density at radius 1 is 0.984 bits per heavy atom. The number of hydrogen-bond acceptors (Lipinski definition) is 12. The number of ether oxygens (including phenoxy) is 1. The molecule has 1 saturated carbocycles. The van der Waals surface area contributed by atoms with Crippen molar-refractivity contribution >= 4 is 69.3 Å². The highest BCUT2D eigenvalue weighted by molar-refractivity contribution is 6.33. The van der Waals surface area contributed by atoms with Gasteiger partial charge in [0, 0.05) is 94.2 Å². The van der Waals surface area contributed by atoms with Crippen molar-refractivity contribution in [1.82, 2.24) is 35.0 Å². The van der Waals surface area contributed by atoms with Crippen LogP contribution in [0.25, 0.3) is 10.9 Å². The molecule has 4 fully saturated rings. The van der Waals surface area contributed by atoms with E-state index < -0.39 is 6.04 Å². The van der Waals surface area contributed by atoms with Crippen LogP contribution in [-0.4, -0.2) is 113 Å². The van der Waals surface area contributed by atoms with Crippen molar-refractivity contribution in [2.45, 2.75) is 71.0 Å². The Kier molecular flexibility index (Phi) is 11.3. The molecule has 4 aromatic rings. The number of amides is 4. The number of pyridine rings is 1. The zero-order valence-corrected chi connectivity index (χ0v) is 36.2. The highest BCUT2D eigenvalue weighted by atomic mass is 35.5. The first-order valence-electron chi connectivity index (χ1n) is 21.7. The Balaban J connectivity index is 0.759. The number of rotatable bonds is 11. The minimum atomic E-state index is -0.602. The summed E-state index contributed by atoms with van der Waals surface area (Å²) >= 11 is 6.61. The number of fused-ring (bicyclic) bond motifs is 2. The lowest BCUT2D eigenvalue weighted by Gasteiger charge is -2.54. The Hall–Kier alpha value is -5.74. The Labute approximate surface area is 364 Å². The predicted octanol–water partition coefficient (Wildman–Crippen LogP) is 4.47. The van der Waals surface area contributed by atoms with Gasteiger partial charge in [-0.15, -0.1) is 0 Å². The van der Waals surface area contributed by atoms with Crippen molar-refractivity contribution < 1.29 is 23.9 Å². The van der Waals surface area contributed by atoms with Gasteiger partial charge in [-0.1, -0.05) is 11.6 Å². The van der Waals surface area contributed by atoms with Gasteiger partial charge in [0.1, 0.15) is 11.1 Å². The first-order valence-corrected chi connectivity index (χ1v) is 22.1. The molecule has 2 aromatic heterocycles. The van der Waals surface area contributed by atoms with Gasteiger partial charge in [-0.3, -0.25) is 34.2 Å². The molecule has 1 aliphatic carbocycles. The zero-order chi connectivity index (χ0) is 43.3. The SMILES string of the molecule is CNC(=O)COc1cc2cc(Nc3nc(N4CCN(CC5CC6(CCN(c7ccc8c(c7)CN(C7CCC(=O)NC7=O)C8=O)CC6)C5)CC4)ncc3Cl)ccc2n(C(C)C)c1=O. The standard InChI is InChI=1S/C45H53ClN10O6/c1-27(2)56-35-7-4-31(18-29(35)20-37(43(56)61)62-26-39(58)47-3)49-40-34(46)23-48-44(51-40)54-16-14-52(15-17-54)24-28-21-45(22-28)10-12-53(13-11-45)32-5-6-33-30(19-32)25-55(42(33)60)36-8-9-38(57)50-41(36)59/h4-7,18-20,23,27-28,36H,8-17,21-22,24-26H2,1-3H3,(H,47,58)(H,48,49,51)(H,50,57,59). The van der Waals surface area contributed by atoms with E-state index >= 15 is 0 Å². The predicted molar refractivity (Wildman–Crippen MR) is 236 cm³/mol. The molecule has 3 N–H and O–H groups in total. The Bertz CT molecular complexity index is 2490. The van der Waals surface area contributed by atoms with Gasteiger partial charge < -0.3 is 34.6 Å². The van der Waals surface area contributed by atoms with Crippen LogP contribution >= 0.6 is 11.6 Å². The summed E-state index contributed by atoms with van der Waals surface area (Å²) in [7, 11) is 1.52. The van der Waals surface area contributed by atoms with Crippen molar-refractivity contribution in [2.75, 3.05) is 74.6 Å². The third-order valence-electron chi connectivity index (χ3n) is 13.5. The second-order valence-corrected chi connectivity index (χ2v) is 18.2. The molecule has 16 nitrogen and oxygen atoms in total. The molecule has 0 radical (unpaired) electrons. The normalized spacial score (nSPS) is 20.4. The molecular formula is C45H53ClN10O6. The van der Waals surface area contributed by atoms with Crippen LogP contribution in [0, 0.1) is 11.3 Å². The van der Waals surface area contributed by atoms with Crippen molar-refractivity contribution in [3.8, 4) is 5.75 Å². The molecule has 9 rings (SSSR count). The second kappa shape index (κ2) is 16.9. The molecule has 0 bridgehead atoms. The van der Waals surface area contributed by atoms with Crippen LogP contribution in [0.3, 0.4) is 0 Å². The van der Waals surface area contributed by atoms with Gasteiger partial charge in [-0.05, 0) is 105 Å². The van der Waals surface area contributed by atoms with Crippen molar-refractivity contribution in [1.29, 1.82) is 0 Å². The molecular weight excluding hydrogens is 812 g/mol. The minimum absolute atomic E-state index is 0.100. The number of benzene rings is 2. The number of nitrogens with zero attached hydrogens (tertiary/aromatic N) is 7. The molecule has 17 heteroatoms. The number of carbonyl (C=O) groups excluding carboxylic acids is 4. The number of carbonyl (C=O) groups is 4. The quantitative estimate of drug-likeness (QED) is 0.181. The van der Waals surface area contributed by atoms with E-state index in [1.54, 1.807) is 21.7 Å². The van der Waals surface area contributed by atoms with Crippen LogP contribution in [0.2, 0.25) is 5.02 Å². The lowest BCUT2D eigenvalue weighted by Crippen LogP contribution is -2.53. The molecule has 4 amide bonds. The van der Waals surface area contributed by atoms with Gasteiger partial charge in [0.25, 0.3) is 17.4 Å². The van der Waals surface area contributed by atoms with E-state index in [1.165, 1.54) is 19.9 Å². The number of aromatic nitrogens is 3. The number of imide groups is 1. The number of anilines is 4. The first kappa shape index (κ1) is 41.6. The van der Waals surface area contributed by atoms with Crippen LogP contribution in [0.1, 0.15) is 74.3 Å². The fourth-order valence-corrected chi connectivity index (χ4v) is 10.3. The molecule has 1 spiro atoms. The maximum Gasteiger partial charge on any atom is 0.293 e. The summed E-state index contributed by atoms with van der Waals surface area (Å²) < 4.78 is 7.28. The van der Waals surface area contributed by atoms with E-state index in [1.807, 2.05) is 44.2 Å².